The lowest BCUT2D eigenvalue weighted by molar-refractivity contribution is 0.161. The molecule has 0 bridgehead atoms. The lowest BCUT2D eigenvalue weighted by Gasteiger charge is -2.13. The average molecular weight is 414 g/mol. The fraction of sp³-hybridized carbons (Fsp3) is 0.364. The third-order valence-corrected chi connectivity index (χ3v) is 4.76. The summed E-state index contributed by atoms with van der Waals surface area (Å²) in [5.74, 6) is 1.24. The van der Waals surface area contributed by atoms with Crippen molar-refractivity contribution < 1.29 is 27.8 Å². The van der Waals surface area contributed by atoms with Crippen molar-refractivity contribution in [2.45, 2.75) is 25.8 Å². The van der Waals surface area contributed by atoms with Crippen molar-refractivity contribution in [2.75, 3.05) is 20.3 Å². The molecule has 3 aromatic rings. The van der Waals surface area contributed by atoms with Crippen LogP contribution in [0.15, 0.2) is 40.8 Å². The number of hydrogen-bond donors (Lipinski definition) is 1. The van der Waals surface area contributed by atoms with Crippen LogP contribution in [-0.2, 0) is 4.74 Å². The average Bonchev–Trinajstić information content (AvgIpc) is 3.47. The highest BCUT2D eigenvalue weighted by Crippen LogP contribution is 2.32. The predicted octanol–water partition coefficient (Wildman–Crippen LogP) is 4.55. The highest BCUT2D eigenvalue weighted by Gasteiger charge is 2.22. The van der Waals surface area contributed by atoms with Crippen LogP contribution in [0.5, 0.6) is 11.5 Å². The first-order valence-corrected chi connectivity index (χ1v) is 9.82. The number of halogens is 1. The smallest absolute Gasteiger partial charge is 0.407 e. The van der Waals surface area contributed by atoms with Crippen molar-refractivity contribution in [3.05, 3.63) is 42.2 Å². The zero-order chi connectivity index (χ0) is 21.1. The minimum absolute atomic E-state index is 0.234. The summed E-state index contributed by atoms with van der Waals surface area (Å²) in [5.41, 5.74) is 1.68. The number of aromatic nitrogens is 1. The second-order valence-corrected chi connectivity index (χ2v) is 7.40. The standard InChI is InChI=1S/C22H23FN2O5/c1-13(24-22(26)27-2)11-28-16-6-7-18-20(10-16)30-21(25-18)15-5-8-19(17(23)9-15)29-12-14-3-4-14/h5-10,13-14H,3-4,11-12H2,1-2H3,(H,24,26)/t13-/m0/s1. The summed E-state index contributed by atoms with van der Waals surface area (Å²) in [7, 11) is 1.30. The summed E-state index contributed by atoms with van der Waals surface area (Å²) in [5, 5.41) is 2.62. The second kappa shape index (κ2) is 8.61. The van der Waals surface area contributed by atoms with E-state index in [0.29, 0.717) is 40.8 Å². The van der Waals surface area contributed by atoms with E-state index >= 15 is 0 Å². The maximum Gasteiger partial charge on any atom is 0.407 e. The van der Waals surface area contributed by atoms with E-state index in [4.69, 9.17) is 13.9 Å². The number of carbonyl (C=O) groups is 1. The van der Waals surface area contributed by atoms with Crippen LogP contribution < -0.4 is 14.8 Å². The SMILES string of the molecule is COC(=O)N[C@@H](C)COc1ccc2nc(-c3ccc(OCC4CC4)c(F)c3)oc2c1. The van der Waals surface area contributed by atoms with Crippen LogP contribution in [0, 0.1) is 11.7 Å². The molecule has 1 aromatic heterocycles. The van der Waals surface area contributed by atoms with Crippen molar-refractivity contribution in [3.8, 4) is 23.0 Å². The first-order chi connectivity index (χ1) is 14.5. The number of nitrogens with zero attached hydrogens (tertiary/aromatic N) is 1. The molecule has 0 spiro atoms. The third-order valence-electron chi connectivity index (χ3n) is 4.76. The lowest BCUT2D eigenvalue weighted by atomic mass is 10.2. The number of ether oxygens (including phenoxy) is 3. The van der Waals surface area contributed by atoms with Crippen molar-refractivity contribution in [3.63, 3.8) is 0 Å². The molecule has 0 radical (unpaired) electrons. The molecule has 1 atom stereocenters. The van der Waals surface area contributed by atoms with Gasteiger partial charge in [0.05, 0.1) is 19.8 Å². The van der Waals surface area contributed by atoms with Gasteiger partial charge in [0, 0.05) is 11.6 Å². The second-order valence-electron chi connectivity index (χ2n) is 7.40. The number of nitrogens with one attached hydrogen (secondary N) is 1. The number of oxazole rings is 1. The van der Waals surface area contributed by atoms with Gasteiger partial charge < -0.3 is 23.9 Å². The van der Waals surface area contributed by atoms with Gasteiger partial charge in [-0.3, -0.25) is 0 Å². The maximum absolute atomic E-state index is 14.4. The van der Waals surface area contributed by atoms with E-state index in [1.54, 1.807) is 37.3 Å². The summed E-state index contributed by atoms with van der Waals surface area (Å²) in [6.07, 6.45) is 1.78. The van der Waals surface area contributed by atoms with E-state index in [2.05, 4.69) is 15.0 Å². The molecule has 1 amide bonds. The Kier molecular flexibility index (Phi) is 5.74. The Morgan fingerprint density at radius 2 is 2.10 bits per heavy atom. The Balaban J connectivity index is 1.44. The van der Waals surface area contributed by atoms with Gasteiger partial charge in [0.1, 0.15) is 17.9 Å². The minimum Gasteiger partial charge on any atom is -0.491 e. The predicted molar refractivity (Wildman–Crippen MR) is 108 cm³/mol. The number of fused-ring (bicyclic) bond motifs is 1. The van der Waals surface area contributed by atoms with Gasteiger partial charge in [0.2, 0.25) is 5.89 Å². The number of rotatable bonds is 8. The van der Waals surface area contributed by atoms with E-state index in [1.807, 2.05) is 0 Å². The topological polar surface area (TPSA) is 82.8 Å². The summed E-state index contributed by atoms with van der Waals surface area (Å²) in [6, 6.07) is 9.70. The fourth-order valence-corrected chi connectivity index (χ4v) is 2.88. The van der Waals surface area contributed by atoms with Gasteiger partial charge >= 0.3 is 6.09 Å². The molecule has 1 heterocycles. The van der Waals surface area contributed by atoms with E-state index in [0.717, 1.165) is 12.8 Å². The zero-order valence-electron chi connectivity index (χ0n) is 16.8. The molecule has 4 rings (SSSR count). The molecule has 2 aromatic carbocycles. The number of hydrogen-bond acceptors (Lipinski definition) is 6. The first-order valence-electron chi connectivity index (χ1n) is 9.82. The number of amides is 1. The Morgan fingerprint density at radius 3 is 2.83 bits per heavy atom. The van der Waals surface area contributed by atoms with Crippen molar-refractivity contribution in [1.82, 2.24) is 10.3 Å². The normalized spacial score (nSPS) is 14.4. The molecule has 158 valence electrons. The van der Waals surface area contributed by atoms with Crippen LogP contribution in [0.2, 0.25) is 0 Å². The Bertz CT molecular complexity index is 1050. The van der Waals surface area contributed by atoms with Gasteiger partial charge in [-0.2, -0.15) is 0 Å². The summed E-state index contributed by atoms with van der Waals surface area (Å²) < 4.78 is 35.9. The molecule has 7 nitrogen and oxygen atoms in total. The molecule has 8 heteroatoms. The third kappa shape index (κ3) is 4.82. The summed E-state index contributed by atoms with van der Waals surface area (Å²) >= 11 is 0. The van der Waals surface area contributed by atoms with Crippen LogP contribution in [-0.4, -0.2) is 37.4 Å². The molecular weight excluding hydrogens is 391 g/mol. The number of alkyl carbamates (subject to hydrolysis) is 1. The minimum atomic E-state index is -0.516. The van der Waals surface area contributed by atoms with Crippen molar-refractivity contribution in [1.29, 1.82) is 0 Å². The van der Waals surface area contributed by atoms with E-state index < -0.39 is 11.9 Å². The molecule has 0 aliphatic heterocycles. The highest BCUT2D eigenvalue weighted by molar-refractivity contribution is 5.77. The molecule has 1 saturated carbocycles. The molecule has 0 saturated heterocycles. The lowest BCUT2D eigenvalue weighted by Crippen LogP contribution is -2.36. The summed E-state index contributed by atoms with van der Waals surface area (Å²) in [4.78, 5) is 15.6. The number of methoxy groups -OCH3 is 1. The molecular formula is C22H23FN2O5. The maximum atomic E-state index is 14.4. The van der Waals surface area contributed by atoms with Gasteiger partial charge in [-0.15, -0.1) is 0 Å². The number of benzene rings is 2. The monoisotopic (exact) mass is 414 g/mol. The molecule has 0 unspecified atom stereocenters. The Morgan fingerprint density at radius 1 is 1.27 bits per heavy atom. The van der Waals surface area contributed by atoms with E-state index in [-0.39, 0.29) is 18.4 Å². The highest BCUT2D eigenvalue weighted by atomic mass is 19.1. The van der Waals surface area contributed by atoms with Crippen LogP contribution in [0.3, 0.4) is 0 Å². The molecule has 1 N–H and O–H groups in total. The first kappa shape index (κ1) is 20.0. The number of carbonyl (C=O) groups excluding carboxylic acids is 1. The van der Waals surface area contributed by atoms with E-state index in [1.165, 1.54) is 13.2 Å². The van der Waals surface area contributed by atoms with Gasteiger partial charge in [-0.05, 0) is 56.0 Å². The molecule has 30 heavy (non-hydrogen) atoms. The molecule has 1 aliphatic rings. The Hall–Kier alpha value is -3.29. The quantitative estimate of drug-likeness (QED) is 0.582. The summed E-state index contributed by atoms with van der Waals surface area (Å²) in [6.45, 7) is 2.61. The fourth-order valence-electron chi connectivity index (χ4n) is 2.88. The van der Waals surface area contributed by atoms with E-state index in [9.17, 15) is 9.18 Å². The largest absolute Gasteiger partial charge is 0.491 e. The van der Waals surface area contributed by atoms with Gasteiger partial charge in [0.25, 0.3) is 0 Å². The van der Waals surface area contributed by atoms with Crippen molar-refractivity contribution >= 4 is 17.2 Å². The molecule has 1 fully saturated rings. The zero-order valence-corrected chi connectivity index (χ0v) is 16.8. The van der Waals surface area contributed by atoms with Crippen LogP contribution in [0.25, 0.3) is 22.6 Å². The Labute approximate surface area is 173 Å². The van der Waals surface area contributed by atoms with Gasteiger partial charge in [0.15, 0.2) is 17.1 Å². The van der Waals surface area contributed by atoms with Crippen LogP contribution in [0.1, 0.15) is 19.8 Å². The van der Waals surface area contributed by atoms with Crippen molar-refractivity contribution in [2.24, 2.45) is 5.92 Å². The van der Waals surface area contributed by atoms with Crippen LogP contribution >= 0.6 is 0 Å². The van der Waals surface area contributed by atoms with Gasteiger partial charge in [-0.1, -0.05) is 0 Å². The van der Waals surface area contributed by atoms with Gasteiger partial charge in [-0.25, -0.2) is 14.2 Å². The molecule has 1 aliphatic carbocycles. The van der Waals surface area contributed by atoms with Crippen LogP contribution in [0.4, 0.5) is 9.18 Å².